The molecule has 0 heterocycles. The van der Waals surface area contributed by atoms with Crippen molar-refractivity contribution >= 4 is 20.8 Å². The van der Waals surface area contributed by atoms with Gasteiger partial charge in [0.15, 0.2) is 6.79 Å². The van der Waals surface area contributed by atoms with Gasteiger partial charge in [0.25, 0.3) is 0 Å². The highest BCUT2D eigenvalue weighted by molar-refractivity contribution is 8.38. The zero-order valence-electron chi connectivity index (χ0n) is 18.5. The van der Waals surface area contributed by atoms with Gasteiger partial charge in [0.05, 0.1) is 12.2 Å². The molecule has 0 aromatic heterocycles. The predicted octanol–water partition coefficient (Wildman–Crippen LogP) is 5.79. The standard InChI is InChI=1S/C24H33FO3S/c1-16(2)29(17(3)4,18(5)6)11-10-22-23(25)9-8-19-12-21(28-15-27-7)13-20(14-26)24(19)22/h8-9,12-13,16-18,26H,14-15H2,1-7H3. The molecule has 29 heavy (non-hydrogen) atoms. The van der Waals surface area contributed by atoms with Crippen LogP contribution in [0.4, 0.5) is 4.39 Å². The fourth-order valence-corrected chi connectivity index (χ4v) is 8.33. The van der Waals surface area contributed by atoms with Crippen molar-refractivity contribution in [1.29, 1.82) is 0 Å². The number of hydrogen-bond acceptors (Lipinski definition) is 3. The first-order valence-corrected chi connectivity index (χ1v) is 11.8. The van der Waals surface area contributed by atoms with E-state index in [4.69, 9.17) is 9.47 Å². The van der Waals surface area contributed by atoms with Gasteiger partial charge >= 0.3 is 0 Å². The van der Waals surface area contributed by atoms with Gasteiger partial charge < -0.3 is 14.6 Å². The van der Waals surface area contributed by atoms with Crippen LogP contribution in [0.25, 0.3) is 10.8 Å². The molecule has 160 valence electrons. The van der Waals surface area contributed by atoms with Gasteiger partial charge in [-0.25, -0.2) is 4.39 Å². The number of fused-ring (bicyclic) bond motifs is 1. The maximum atomic E-state index is 14.9. The molecule has 5 heteroatoms. The van der Waals surface area contributed by atoms with Gasteiger partial charge in [-0.15, -0.1) is 0 Å². The summed E-state index contributed by atoms with van der Waals surface area (Å²) in [4.78, 5) is 0. The van der Waals surface area contributed by atoms with E-state index >= 15 is 0 Å². The van der Waals surface area contributed by atoms with Crippen LogP contribution in [0.2, 0.25) is 0 Å². The highest BCUT2D eigenvalue weighted by Gasteiger charge is 2.33. The maximum Gasteiger partial charge on any atom is 0.188 e. The second-order valence-corrected chi connectivity index (χ2v) is 12.5. The molecular formula is C24H33FO3S. The number of benzene rings is 2. The number of ether oxygens (including phenoxy) is 2. The number of aliphatic hydroxyl groups excluding tert-OH is 1. The van der Waals surface area contributed by atoms with Gasteiger partial charge in [-0.3, -0.25) is 0 Å². The Labute approximate surface area is 175 Å². The van der Waals surface area contributed by atoms with E-state index in [-0.39, 0.29) is 19.2 Å². The van der Waals surface area contributed by atoms with Gasteiger partial charge in [0, 0.05) is 12.5 Å². The van der Waals surface area contributed by atoms with Gasteiger partial charge in [-0.1, -0.05) is 53.5 Å². The minimum absolute atomic E-state index is 0.104. The van der Waals surface area contributed by atoms with Crippen LogP contribution < -0.4 is 4.74 Å². The van der Waals surface area contributed by atoms with Crippen LogP contribution in [0.1, 0.15) is 52.7 Å². The van der Waals surface area contributed by atoms with Crippen molar-refractivity contribution < 1.29 is 19.0 Å². The predicted molar refractivity (Wildman–Crippen MR) is 122 cm³/mol. The van der Waals surface area contributed by atoms with E-state index in [1.165, 1.54) is 6.07 Å². The van der Waals surface area contributed by atoms with E-state index in [1.807, 2.05) is 6.07 Å². The van der Waals surface area contributed by atoms with Gasteiger partial charge in [-0.2, -0.15) is 10.0 Å². The normalized spacial score (nSPS) is 12.6. The first kappa shape index (κ1) is 23.5. The summed E-state index contributed by atoms with van der Waals surface area (Å²) in [5.41, 5.74) is 0.945. The SMILES string of the molecule is COCOc1cc(CO)c2c(C#CS(C(C)C)(C(C)C)C(C)C)c(F)ccc2c1. The third kappa shape index (κ3) is 4.71. The number of hydrogen-bond donors (Lipinski definition) is 1. The Balaban J connectivity index is 2.74. The lowest BCUT2D eigenvalue weighted by Gasteiger charge is -2.46. The molecule has 0 aliphatic rings. The lowest BCUT2D eigenvalue weighted by molar-refractivity contribution is 0.0511. The molecule has 0 atom stereocenters. The first-order valence-electron chi connectivity index (χ1n) is 9.99. The topological polar surface area (TPSA) is 38.7 Å². The van der Waals surface area contributed by atoms with Crippen molar-refractivity contribution in [2.75, 3.05) is 13.9 Å². The Morgan fingerprint density at radius 1 is 1.03 bits per heavy atom. The Kier molecular flexibility index (Phi) is 7.99. The van der Waals surface area contributed by atoms with Crippen molar-refractivity contribution in [2.24, 2.45) is 0 Å². The molecule has 0 spiro atoms. The van der Waals surface area contributed by atoms with Gasteiger partial charge in [0.1, 0.15) is 11.6 Å². The highest BCUT2D eigenvalue weighted by Crippen LogP contribution is 2.59. The molecule has 1 N–H and O–H groups in total. The van der Waals surface area contributed by atoms with Gasteiger partial charge in [0.2, 0.25) is 0 Å². The van der Waals surface area contributed by atoms with Crippen molar-refractivity contribution in [3.63, 3.8) is 0 Å². The van der Waals surface area contributed by atoms with Crippen molar-refractivity contribution in [2.45, 2.75) is 63.9 Å². The zero-order chi connectivity index (χ0) is 21.8. The Morgan fingerprint density at radius 3 is 2.17 bits per heavy atom. The monoisotopic (exact) mass is 420 g/mol. The molecule has 0 saturated carbocycles. The number of methoxy groups -OCH3 is 1. The van der Waals surface area contributed by atoms with E-state index in [0.29, 0.717) is 38.0 Å². The fourth-order valence-electron chi connectivity index (χ4n) is 4.08. The van der Waals surface area contributed by atoms with Crippen molar-refractivity contribution in [1.82, 2.24) is 0 Å². The smallest absolute Gasteiger partial charge is 0.188 e. The number of halogens is 1. The van der Waals surface area contributed by atoms with Crippen LogP contribution in [0.15, 0.2) is 24.3 Å². The van der Waals surface area contributed by atoms with E-state index < -0.39 is 10.0 Å². The summed E-state index contributed by atoms with van der Waals surface area (Å²) in [5.74, 6) is 3.42. The zero-order valence-corrected chi connectivity index (χ0v) is 19.3. The van der Waals surface area contributed by atoms with Crippen LogP contribution in [0.5, 0.6) is 5.75 Å². The van der Waals surface area contributed by atoms with E-state index in [1.54, 1.807) is 19.2 Å². The molecule has 2 aromatic carbocycles. The molecule has 2 rings (SSSR count). The molecular weight excluding hydrogens is 387 g/mol. The summed E-state index contributed by atoms with van der Waals surface area (Å²) >= 11 is 0. The highest BCUT2D eigenvalue weighted by atomic mass is 32.3. The Hall–Kier alpha value is -1.74. The van der Waals surface area contributed by atoms with Crippen LogP contribution in [0, 0.1) is 17.0 Å². The van der Waals surface area contributed by atoms with E-state index in [2.05, 4.69) is 52.7 Å². The van der Waals surface area contributed by atoms with Crippen LogP contribution in [0.3, 0.4) is 0 Å². The summed E-state index contributed by atoms with van der Waals surface area (Å²) in [6, 6.07) is 6.68. The second-order valence-electron chi connectivity index (χ2n) is 7.95. The third-order valence-corrected chi connectivity index (χ3v) is 10.5. The average molecular weight is 421 g/mol. The molecule has 0 radical (unpaired) electrons. The molecule has 3 nitrogen and oxygen atoms in total. The van der Waals surface area contributed by atoms with Crippen LogP contribution in [-0.2, 0) is 11.3 Å². The minimum atomic E-state index is -1.30. The molecule has 0 saturated heterocycles. The summed E-state index contributed by atoms with van der Waals surface area (Å²) < 4.78 is 25.4. The molecule has 2 aromatic rings. The largest absolute Gasteiger partial charge is 0.468 e. The molecule has 0 amide bonds. The number of aliphatic hydroxyl groups is 1. The average Bonchev–Trinajstić information content (AvgIpc) is 2.66. The third-order valence-electron chi connectivity index (χ3n) is 5.33. The summed E-state index contributed by atoms with van der Waals surface area (Å²) in [6.07, 6.45) is 0. The Bertz CT molecular complexity index is 888. The lowest BCUT2D eigenvalue weighted by Crippen LogP contribution is -2.27. The van der Waals surface area contributed by atoms with Crippen molar-refractivity contribution in [3.05, 3.63) is 41.2 Å². The summed E-state index contributed by atoms with van der Waals surface area (Å²) in [7, 11) is 0.244. The minimum Gasteiger partial charge on any atom is -0.468 e. The van der Waals surface area contributed by atoms with Crippen molar-refractivity contribution in [3.8, 4) is 16.9 Å². The van der Waals surface area contributed by atoms with E-state index in [9.17, 15) is 9.50 Å². The molecule has 0 unspecified atom stereocenters. The molecule has 0 aliphatic carbocycles. The van der Waals surface area contributed by atoms with E-state index in [0.717, 1.165) is 5.39 Å². The molecule has 0 fully saturated rings. The fraction of sp³-hybridized carbons (Fsp3) is 0.500. The summed E-state index contributed by atoms with van der Waals surface area (Å²) in [6.45, 7) is 13.1. The molecule has 0 bridgehead atoms. The van der Waals surface area contributed by atoms with Gasteiger partial charge in [-0.05, 0) is 50.2 Å². The Morgan fingerprint density at radius 2 is 1.66 bits per heavy atom. The van der Waals surface area contributed by atoms with Crippen LogP contribution in [-0.4, -0.2) is 34.8 Å². The van der Waals surface area contributed by atoms with Crippen LogP contribution >= 0.6 is 10.0 Å². The molecule has 0 aliphatic heterocycles. The summed E-state index contributed by atoms with van der Waals surface area (Å²) in [5, 5.41) is 16.1. The first-order chi connectivity index (χ1) is 13.7. The number of rotatable bonds is 7. The lowest BCUT2D eigenvalue weighted by atomic mass is 9.99. The quantitative estimate of drug-likeness (QED) is 0.455. The second kappa shape index (κ2) is 9.84. The maximum absolute atomic E-state index is 14.9.